The van der Waals surface area contributed by atoms with Gasteiger partial charge in [0.15, 0.2) is 11.5 Å². The van der Waals surface area contributed by atoms with Gasteiger partial charge in [-0.3, -0.25) is 14.8 Å². The summed E-state index contributed by atoms with van der Waals surface area (Å²) < 4.78 is 1.63. The van der Waals surface area contributed by atoms with E-state index in [9.17, 15) is 4.79 Å². The van der Waals surface area contributed by atoms with Crippen LogP contribution in [0.15, 0.2) is 55.1 Å². The number of amides is 1. The highest BCUT2D eigenvalue weighted by molar-refractivity contribution is 5.94. The molecular weight excluding hydrogens is 366 g/mol. The molecule has 0 aromatic carbocycles. The molecule has 0 saturated heterocycles. The highest BCUT2D eigenvalue weighted by atomic mass is 16.2. The molecule has 0 radical (unpaired) electrons. The van der Waals surface area contributed by atoms with Crippen LogP contribution in [-0.4, -0.2) is 48.5 Å². The Morgan fingerprint density at radius 1 is 1.03 bits per heavy atom. The maximum atomic E-state index is 12.4. The molecule has 29 heavy (non-hydrogen) atoms. The van der Waals surface area contributed by atoms with Crippen molar-refractivity contribution in [3.05, 3.63) is 60.7 Å². The van der Waals surface area contributed by atoms with Gasteiger partial charge in [-0.25, -0.2) is 9.50 Å². The highest BCUT2D eigenvalue weighted by Gasteiger charge is 2.16. The Morgan fingerprint density at radius 3 is 2.52 bits per heavy atom. The van der Waals surface area contributed by atoms with Crippen LogP contribution in [0.5, 0.6) is 0 Å². The van der Waals surface area contributed by atoms with Crippen LogP contribution in [0.25, 0.3) is 28.2 Å². The molecule has 0 bridgehead atoms. The SMILES string of the molecule is CCN(CC)C(=O)c1ccc(-c2cnc3c(-c4ccccn4)c(N)nn3c2)nc1. The number of hydrogen-bond donors (Lipinski definition) is 1. The number of nitrogen functional groups attached to an aromatic ring is 1. The molecule has 8 nitrogen and oxygen atoms in total. The Bertz CT molecular complexity index is 1150. The molecule has 4 aromatic heterocycles. The summed E-state index contributed by atoms with van der Waals surface area (Å²) >= 11 is 0. The van der Waals surface area contributed by atoms with Crippen molar-refractivity contribution < 1.29 is 4.79 Å². The molecule has 0 unspecified atom stereocenters. The zero-order valence-corrected chi connectivity index (χ0v) is 16.3. The monoisotopic (exact) mass is 387 g/mol. The quantitative estimate of drug-likeness (QED) is 0.565. The molecule has 8 heteroatoms. The molecule has 0 aliphatic heterocycles. The number of carbonyl (C=O) groups is 1. The van der Waals surface area contributed by atoms with Crippen LogP contribution in [0, 0.1) is 0 Å². The fourth-order valence-corrected chi connectivity index (χ4v) is 3.23. The van der Waals surface area contributed by atoms with Gasteiger partial charge in [-0.2, -0.15) is 0 Å². The number of carbonyl (C=O) groups excluding carboxylic acids is 1. The van der Waals surface area contributed by atoms with Crippen molar-refractivity contribution in [2.75, 3.05) is 18.8 Å². The first-order valence-electron chi connectivity index (χ1n) is 9.43. The molecule has 2 N–H and O–H groups in total. The predicted octanol–water partition coefficient (Wildman–Crippen LogP) is 2.92. The van der Waals surface area contributed by atoms with Gasteiger partial charge < -0.3 is 10.6 Å². The molecular formula is C21H21N7O. The first-order chi connectivity index (χ1) is 14.1. The average Bonchev–Trinajstić information content (AvgIpc) is 3.10. The third kappa shape index (κ3) is 3.40. The summed E-state index contributed by atoms with van der Waals surface area (Å²) in [6, 6.07) is 9.20. The maximum absolute atomic E-state index is 12.4. The minimum absolute atomic E-state index is 0.0255. The smallest absolute Gasteiger partial charge is 0.255 e. The van der Waals surface area contributed by atoms with Gasteiger partial charge >= 0.3 is 0 Å². The van der Waals surface area contributed by atoms with Crippen molar-refractivity contribution in [3.8, 4) is 22.5 Å². The number of anilines is 1. The lowest BCUT2D eigenvalue weighted by Crippen LogP contribution is -2.30. The standard InChI is InChI=1S/C21H21N7O/c1-3-27(4-2)21(29)14-8-9-16(24-11-14)15-12-25-20-18(17-7-5-6-10-23-17)19(22)26-28(20)13-15/h5-13H,3-4H2,1-2H3,(H2,22,26). The predicted molar refractivity (Wildman–Crippen MR) is 111 cm³/mol. The lowest BCUT2D eigenvalue weighted by Gasteiger charge is -2.18. The van der Waals surface area contributed by atoms with Gasteiger partial charge in [-0.15, -0.1) is 5.10 Å². The number of hydrogen-bond acceptors (Lipinski definition) is 6. The Labute approximate surface area is 168 Å². The van der Waals surface area contributed by atoms with Gasteiger partial charge in [0.25, 0.3) is 5.91 Å². The third-order valence-corrected chi connectivity index (χ3v) is 4.78. The van der Waals surface area contributed by atoms with E-state index in [0.29, 0.717) is 41.4 Å². The van der Waals surface area contributed by atoms with E-state index in [4.69, 9.17) is 5.73 Å². The van der Waals surface area contributed by atoms with Crippen molar-refractivity contribution >= 4 is 17.4 Å². The summed E-state index contributed by atoms with van der Waals surface area (Å²) in [6.45, 7) is 5.24. The van der Waals surface area contributed by atoms with Crippen LogP contribution < -0.4 is 5.73 Å². The fraction of sp³-hybridized carbons (Fsp3) is 0.190. The summed E-state index contributed by atoms with van der Waals surface area (Å²) in [5.41, 5.74) is 10.2. The third-order valence-electron chi connectivity index (χ3n) is 4.78. The van der Waals surface area contributed by atoms with Crippen molar-refractivity contribution in [3.63, 3.8) is 0 Å². The van der Waals surface area contributed by atoms with E-state index in [1.165, 1.54) is 0 Å². The first-order valence-corrected chi connectivity index (χ1v) is 9.43. The summed E-state index contributed by atoms with van der Waals surface area (Å²) in [7, 11) is 0. The molecule has 0 atom stereocenters. The molecule has 4 aromatic rings. The van der Waals surface area contributed by atoms with Crippen molar-refractivity contribution in [1.82, 2.24) is 29.5 Å². The maximum Gasteiger partial charge on any atom is 0.255 e. The molecule has 0 aliphatic rings. The average molecular weight is 387 g/mol. The van der Waals surface area contributed by atoms with E-state index in [1.54, 1.807) is 34.1 Å². The second-order valence-electron chi connectivity index (χ2n) is 6.50. The molecule has 1 amide bonds. The van der Waals surface area contributed by atoms with Crippen molar-refractivity contribution in [2.24, 2.45) is 0 Å². The molecule has 0 fully saturated rings. The zero-order valence-electron chi connectivity index (χ0n) is 16.3. The molecule has 4 rings (SSSR count). The van der Waals surface area contributed by atoms with E-state index in [2.05, 4.69) is 20.1 Å². The van der Waals surface area contributed by atoms with E-state index < -0.39 is 0 Å². The first kappa shape index (κ1) is 18.5. The highest BCUT2D eigenvalue weighted by Crippen LogP contribution is 2.28. The largest absolute Gasteiger partial charge is 0.382 e. The summed E-state index contributed by atoms with van der Waals surface area (Å²) in [5, 5.41) is 4.37. The number of rotatable bonds is 5. The van der Waals surface area contributed by atoms with Crippen LogP contribution in [0.3, 0.4) is 0 Å². The molecule has 0 saturated carbocycles. The van der Waals surface area contributed by atoms with E-state index >= 15 is 0 Å². The van der Waals surface area contributed by atoms with E-state index in [0.717, 1.165) is 11.3 Å². The van der Waals surface area contributed by atoms with Crippen LogP contribution in [-0.2, 0) is 0 Å². The fourth-order valence-electron chi connectivity index (χ4n) is 3.23. The van der Waals surface area contributed by atoms with Crippen LogP contribution in [0.4, 0.5) is 5.82 Å². The Hall–Kier alpha value is -3.81. The van der Waals surface area contributed by atoms with Crippen molar-refractivity contribution in [1.29, 1.82) is 0 Å². The number of fused-ring (bicyclic) bond motifs is 1. The molecule has 0 aliphatic carbocycles. The second kappa shape index (κ2) is 7.67. The van der Waals surface area contributed by atoms with E-state index in [1.807, 2.05) is 44.3 Å². The lowest BCUT2D eigenvalue weighted by molar-refractivity contribution is 0.0772. The molecule has 4 heterocycles. The lowest BCUT2D eigenvalue weighted by atomic mass is 10.1. The summed E-state index contributed by atoms with van der Waals surface area (Å²) in [4.78, 5) is 27.5. The second-order valence-corrected chi connectivity index (χ2v) is 6.50. The van der Waals surface area contributed by atoms with Crippen LogP contribution in [0.2, 0.25) is 0 Å². The van der Waals surface area contributed by atoms with Gasteiger partial charge in [0.2, 0.25) is 0 Å². The number of pyridine rings is 2. The Balaban J connectivity index is 1.68. The summed E-state index contributed by atoms with van der Waals surface area (Å²) in [5.74, 6) is 0.337. The van der Waals surface area contributed by atoms with Gasteiger partial charge in [-0.1, -0.05) is 6.07 Å². The molecule has 146 valence electrons. The minimum Gasteiger partial charge on any atom is -0.382 e. The van der Waals surface area contributed by atoms with Crippen LogP contribution in [0.1, 0.15) is 24.2 Å². The van der Waals surface area contributed by atoms with Gasteiger partial charge in [0, 0.05) is 43.4 Å². The summed E-state index contributed by atoms with van der Waals surface area (Å²) in [6.07, 6.45) is 6.84. The number of nitrogens with two attached hydrogens (primary N) is 1. The topological polar surface area (TPSA) is 102 Å². The Morgan fingerprint density at radius 2 is 1.86 bits per heavy atom. The van der Waals surface area contributed by atoms with E-state index in [-0.39, 0.29) is 5.91 Å². The zero-order chi connectivity index (χ0) is 20.4. The van der Waals surface area contributed by atoms with Gasteiger partial charge in [0.05, 0.1) is 22.5 Å². The number of nitrogens with zero attached hydrogens (tertiary/aromatic N) is 6. The van der Waals surface area contributed by atoms with Gasteiger partial charge in [0.1, 0.15) is 0 Å². The van der Waals surface area contributed by atoms with Crippen LogP contribution >= 0.6 is 0 Å². The normalized spacial score (nSPS) is 11.0. The van der Waals surface area contributed by atoms with Gasteiger partial charge in [-0.05, 0) is 38.1 Å². The number of aromatic nitrogens is 5. The minimum atomic E-state index is -0.0255. The van der Waals surface area contributed by atoms with Crippen molar-refractivity contribution in [2.45, 2.75) is 13.8 Å². The Kier molecular flexibility index (Phi) is 4.90. The molecule has 0 spiro atoms.